The summed E-state index contributed by atoms with van der Waals surface area (Å²) in [7, 11) is 0. The summed E-state index contributed by atoms with van der Waals surface area (Å²) < 4.78 is 2.34. The molecule has 0 radical (unpaired) electrons. The van der Waals surface area contributed by atoms with Crippen LogP contribution in [0.15, 0.2) is 6.20 Å². The molecule has 1 saturated heterocycles. The molecule has 0 aliphatic carbocycles. The maximum absolute atomic E-state index is 4.26. The minimum Gasteiger partial charge on any atom is -0.308 e. The summed E-state index contributed by atoms with van der Waals surface area (Å²) in [5.74, 6) is 2.05. The Kier molecular flexibility index (Phi) is 4.90. The largest absolute Gasteiger partial charge is 0.308 e. The highest BCUT2D eigenvalue weighted by Crippen LogP contribution is 2.42. The van der Waals surface area contributed by atoms with Crippen molar-refractivity contribution < 1.29 is 0 Å². The zero-order chi connectivity index (χ0) is 13.9. The second-order valence-electron chi connectivity index (χ2n) is 5.97. The molecule has 0 spiro atoms. The van der Waals surface area contributed by atoms with Gasteiger partial charge < -0.3 is 5.32 Å². The molecule has 2 unspecified atom stereocenters. The summed E-state index contributed by atoms with van der Waals surface area (Å²) in [6.07, 6.45) is 4.48. The van der Waals surface area contributed by atoms with Crippen molar-refractivity contribution in [2.75, 3.05) is 12.3 Å². The van der Waals surface area contributed by atoms with E-state index < -0.39 is 0 Å². The van der Waals surface area contributed by atoms with E-state index in [1.54, 1.807) is 0 Å². The summed E-state index contributed by atoms with van der Waals surface area (Å²) in [6.45, 7) is 11.1. The van der Waals surface area contributed by atoms with E-state index >= 15 is 0 Å². The van der Waals surface area contributed by atoms with E-state index in [-0.39, 0.29) is 6.04 Å². The van der Waals surface area contributed by atoms with Gasteiger partial charge in [0.15, 0.2) is 0 Å². The fourth-order valence-corrected chi connectivity index (χ4v) is 3.92. The van der Waals surface area contributed by atoms with Gasteiger partial charge in [-0.1, -0.05) is 26.0 Å². The van der Waals surface area contributed by atoms with Crippen LogP contribution < -0.4 is 5.32 Å². The van der Waals surface area contributed by atoms with Crippen LogP contribution in [0.5, 0.6) is 0 Å². The van der Waals surface area contributed by atoms with Crippen LogP contribution in [0, 0.1) is 5.92 Å². The van der Waals surface area contributed by atoms with Gasteiger partial charge in [-0.3, -0.25) is 4.68 Å². The molecule has 2 rings (SSSR count). The van der Waals surface area contributed by atoms with Gasteiger partial charge in [0.25, 0.3) is 0 Å². The maximum Gasteiger partial charge on any atom is 0.0993 e. The Labute approximate surface area is 120 Å². The molecule has 0 aromatic carbocycles. The van der Waals surface area contributed by atoms with Gasteiger partial charge in [0.2, 0.25) is 0 Å². The summed E-state index contributed by atoms with van der Waals surface area (Å²) in [5.41, 5.74) is 1.05. The molecule has 2 atom stereocenters. The van der Waals surface area contributed by atoms with Crippen LogP contribution in [0.3, 0.4) is 0 Å². The molecule has 1 aromatic heterocycles. The van der Waals surface area contributed by atoms with Crippen LogP contribution in [0.2, 0.25) is 0 Å². The van der Waals surface area contributed by atoms with Gasteiger partial charge in [0.1, 0.15) is 0 Å². The fraction of sp³-hybridized carbons (Fsp3) is 0.857. The second-order valence-corrected chi connectivity index (χ2v) is 7.72. The average Bonchev–Trinajstić information content (AvgIpc) is 2.93. The van der Waals surface area contributed by atoms with Crippen molar-refractivity contribution >= 4 is 11.8 Å². The molecule has 0 saturated carbocycles. The van der Waals surface area contributed by atoms with Crippen molar-refractivity contribution in [1.82, 2.24) is 20.3 Å². The highest BCUT2D eigenvalue weighted by Gasteiger charge is 2.35. The van der Waals surface area contributed by atoms with Gasteiger partial charge in [0, 0.05) is 11.3 Å². The smallest absolute Gasteiger partial charge is 0.0993 e. The lowest BCUT2D eigenvalue weighted by Crippen LogP contribution is -2.33. The van der Waals surface area contributed by atoms with Gasteiger partial charge in [-0.05, 0) is 38.0 Å². The monoisotopic (exact) mass is 282 g/mol. The van der Waals surface area contributed by atoms with Gasteiger partial charge in [-0.25, -0.2) is 0 Å². The third-order valence-corrected chi connectivity index (χ3v) is 5.56. The molecule has 0 amide bonds. The number of hydrogen-bond donors (Lipinski definition) is 1. The molecular weight excluding hydrogens is 256 g/mol. The minimum absolute atomic E-state index is 0.284. The molecule has 4 nitrogen and oxygen atoms in total. The van der Waals surface area contributed by atoms with E-state index in [4.69, 9.17) is 0 Å². The zero-order valence-electron chi connectivity index (χ0n) is 12.5. The Morgan fingerprint density at radius 1 is 1.58 bits per heavy atom. The van der Waals surface area contributed by atoms with Gasteiger partial charge in [-0.2, -0.15) is 11.8 Å². The Morgan fingerprint density at radius 2 is 2.37 bits per heavy atom. The highest BCUT2D eigenvalue weighted by molar-refractivity contribution is 8.00. The molecule has 1 fully saturated rings. The first-order valence-corrected chi connectivity index (χ1v) is 8.29. The number of rotatable bonds is 6. The van der Waals surface area contributed by atoms with Crippen LogP contribution in [-0.4, -0.2) is 32.0 Å². The third-order valence-electron chi connectivity index (χ3n) is 4.05. The molecule has 2 heterocycles. The van der Waals surface area contributed by atoms with E-state index in [2.05, 4.69) is 61.3 Å². The summed E-state index contributed by atoms with van der Waals surface area (Å²) in [4.78, 5) is 0. The number of nitrogens with zero attached hydrogens (tertiary/aromatic N) is 3. The van der Waals surface area contributed by atoms with Crippen LogP contribution in [0.4, 0.5) is 0 Å². The van der Waals surface area contributed by atoms with Crippen LogP contribution >= 0.6 is 11.8 Å². The molecule has 1 N–H and O–H groups in total. The van der Waals surface area contributed by atoms with E-state index in [9.17, 15) is 0 Å². The predicted octanol–water partition coefficient (Wildman–Crippen LogP) is 2.87. The molecule has 0 bridgehead atoms. The Balaban J connectivity index is 1.85. The number of nitrogens with one attached hydrogen (secondary N) is 1. The highest BCUT2D eigenvalue weighted by atomic mass is 32.2. The lowest BCUT2D eigenvalue weighted by atomic mass is 9.92. The summed E-state index contributed by atoms with van der Waals surface area (Å²) >= 11 is 2.09. The summed E-state index contributed by atoms with van der Waals surface area (Å²) in [5, 5.41) is 12.0. The Hall–Kier alpha value is -0.550. The molecule has 1 aliphatic rings. The Morgan fingerprint density at radius 3 is 3.00 bits per heavy atom. The quantitative estimate of drug-likeness (QED) is 0.871. The molecule has 1 aliphatic heterocycles. The number of thioether (sulfide) groups is 1. The van der Waals surface area contributed by atoms with Gasteiger partial charge >= 0.3 is 0 Å². The molecule has 19 heavy (non-hydrogen) atoms. The molecule has 5 heteroatoms. The average molecular weight is 282 g/mol. The van der Waals surface area contributed by atoms with E-state index in [1.165, 1.54) is 12.2 Å². The van der Waals surface area contributed by atoms with Crippen molar-refractivity contribution in [3.05, 3.63) is 11.9 Å². The first-order chi connectivity index (χ1) is 9.03. The number of aromatic nitrogens is 3. The molecule has 108 valence electrons. The van der Waals surface area contributed by atoms with Gasteiger partial charge in [-0.15, -0.1) is 5.10 Å². The minimum atomic E-state index is 0.284. The topological polar surface area (TPSA) is 42.7 Å². The molecule has 1 aromatic rings. The zero-order valence-corrected chi connectivity index (χ0v) is 13.3. The van der Waals surface area contributed by atoms with Crippen molar-refractivity contribution in [2.24, 2.45) is 5.92 Å². The predicted molar refractivity (Wildman–Crippen MR) is 81.4 cm³/mol. The maximum atomic E-state index is 4.26. The normalized spacial score (nSPS) is 23.7. The summed E-state index contributed by atoms with van der Waals surface area (Å²) in [6, 6.07) is 0.284. The number of aryl methyl sites for hydroxylation is 1. The van der Waals surface area contributed by atoms with Crippen molar-refractivity contribution in [2.45, 2.75) is 57.9 Å². The van der Waals surface area contributed by atoms with Crippen molar-refractivity contribution in [3.8, 4) is 0 Å². The van der Waals surface area contributed by atoms with E-state index in [1.807, 2.05) is 4.68 Å². The SMILES string of the molecule is CCCn1cc(C(C)NCC2CCSC2(C)C)nn1. The third kappa shape index (κ3) is 3.72. The molecular formula is C14H26N4S. The van der Waals surface area contributed by atoms with Crippen LogP contribution in [0.25, 0.3) is 0 Å². The van der Waals surface area contributed by atoms with E-state index in [0.29, 0.717) is 4.75 Å². The van der Waals surface area contributed by atoms with Crippen molar-refractivity contribution in [1.29, 1.82) is 0 Å². The van der Waals surface area contributed by atoms with E-state index in [0.717, 1.165) is 31.1 Å². The van der Waals surface area contributed by atoms with Crippen LogP contribution in [-0.2, 0) is 6.54 Å². The standard InChI is InChI=1S/C14H26N4S/c1-5-7-18-10-13(16-17-18)11(2)15-9-12-6-8-19-14(12,3)4/h10-12,15H,5-9H2,1-4H3. The van der Waals surface area contributed by atoms with Crippen LogP contribution in [0.1, 0.15) is 52.3 Å². The number of hydrogen-bond acceptors (Lipinski definition) is 4. The van der Waals surface area contributed by atoms with Crippen molar-refractivity contribution in [3.63, 3.8) is 0 Å². The first kappa shape index (κ1) is 14.9. The fourth-order valence-electron chi connectivity index (χ4n) is 2.55. The van der Waals surface area contributed by atoms with Gasteiger partial charge in [0.05, 0.1) is 17.9 Å². The second kappa shape index (κ2) is 6.27. The first-order valence-electron chi connectivity index (χ1n) is 7.30. The lowest BCUT2D eigenvalue weighted by molar-refractivity contribution is 0.384. The Bertz CT molecular complexity index is 402. The lowest BCUT2D eigenvalue weighted by Gasteiger charge is -2.27.